The maximum absolute atomic E-state index is 13.5. The molecule has 0 fully saturated rings. The third kappa shape index (κ3) is 4.89. The van der Waals surface area contributed by atoms with E-state index in [1.165, 1.54) is 24.3 Å². The summed E-state index contributed by atoms with van der Waals surface area (Å²) in [6.07, 6.45) is -7.57. The first kappa shape index (κ1) is 24.7. The van der Waals surface area contributed by atoms with E-state index in [2.05, 4.69) is 15.4 Å². The predicted octanol–water partition coefficient (Wildman–Crippen LogP) is 5.53. The van der Waals surface area contributed by atoms with Crippen LogP contribution in [0.3, 0.4) is 0 Å². The Kier molecular flexibility index (Phi) is 6.36. The summed E-state index contributed by atoms with van der Waals surface area (Å²) in [5, 5.41) is 6.16. The second-order valence-corrected chi connectivity index (χ2v) is 9.82. The summed E-state index contributed by atoms with van der Waals surface area (Å²) in [5.74, 6) is -1.72. The van der Waals surface area contributed by atoms with Crippen molar-refractivity contribution < 1.29 is 31.5 Å². The number of hydrogen-bond acceptors (Lipinski definition) is 6. The largest absolute Gasteiger partial charge is 0.435 e. The van der Waals surface area contributed by atoms with Crippen LogP contribution in [0.5, 0.6) is 0 Å². The molecule has 4 aromatic rings. The molecule has 14 heteroatoms. The molecule has 3 N–H and O–H groups in total. The molecule has 0 atom stereocenters. The summed E-state index contributed by atoms with van der Waals surface area (Å²) in [6, 6.07) is 5.48. The number of nitrogens with two attached hydrogens (primary N) is 1. The van der Waals surface area contributed by atoms with Gasteiger partial charge in [-0.1, -0.05) is 0 Å². The van der Waals surface area contributed by atoms with Crippen LogP contribution in [-0.4, -0.2) is 26.6 Å². The Balaban J connectivity index is 1.81. The lowest BCUT2D eigenvalue weighted by Gasteiger charge is -2.10. The average molecular weight is 530 g/mol. The van der Waals surface area contributed by atoms with E-state index in [9.17, 15) is 31.5 Å². The standard InChI is InChI=1S/C21H16F5N5O2S2/c1-8-5-13(21(24,25)26)30-31(8)7-14(32)29-16-15-10(12-4-3-9(2)34-12)6-11(18(22)23)28-20(15)35-17(16)19(27)33/h3-6,18H,7H2,1-2H3,(H2,27,33)(H,29,32). The number of carbonyl (C=O) groups excluding carboxylic acids is 2. The number of rotatable bonds is 6. The van der Waals surface area contributed by atoms with Crippen molar-refractivity contribution in [3.8, 4) is 10.4 Å². The number of nitrogens with zero attached hydrogens (tertiary/aromatic N) is 3. The van der Waals surface area contributed by atoms with E-state index in [-0.39, 0.29) is 26.5 Å². The van der Waals surface area contributed by atoms with Crippen molar-refractivity contribution in [2.24, 2.45) is 5.73 Å². The Bertz CT molecular complexity index is 1450. The van der Waals surface area contributed by atoms with E-state index >= 15 is 0 Å². The highest BCUT2D eigenvalue weighted by Crippen LogP contribution is 2.44. The lowest BCUT2D eigenvalue weighted by atomic mass is 10.1. The number of halogens is 5. The number of amides is 2. The number of fused-ring (bicyclic) bond motifs is 1. The van der Waals surface area contributed by atoms with Crippen molar-refractivity contribution in [3.63, 3.8) is 0 Å². The number of nitrogens with one attached hydrogen (secondary N) is 1. The Labute approximate surface area is 202 Å². The molecule has 0 aliphatic heterocycles. The molecule has 0 unspecified atom stereocenters. The zero-order chi connectivity index (χ0) is 25.7. The third-order valence-corrected chi connectivity index (χ3v) is 7.10. The van der Waals surface area contributed by atoms with Crippen LogP contribution >= 0.6 is 22.7 Å². The van der Waals surface area contributed by atoms with Crippen molar-refractivity contribution in [2.75, 3.05) is 5.32 Å². The molecule has 4 rings (SSSR count). The fraction of sp³-hybridized carbons (Fsp3) is 0.238. The van der Waals surface area contributed by atoms with Crippen LogP contribution < -0.4 is 11.1 Å². The number of carbonyl (C=O) groups is 2. The first-order valence-corrected chi connectivity index (χ1v) is 11.5. The predicted molar refractivity (Wildman–Crippen MR) is 122 cm³/mol. The number of anilines is 1. The molecule has 2 amide bonds. The highest BCUT2D eigenvalue weighted by atomic mass is 32.1. The van der Waals surface area contributed by atoms with Gasteiger partial charge < -0.3 is 11.1 Å². The van der Waals surface area contributed by atoms with Crippen LogP contribution in [0, 0.1) is 13.8 Å². The minimum absolute atomic E-state index is 0.0438. The fourth-order valence-corrected chi connectivity index (χ4v) is 5.32. The molecular weight excluding hydrogens is 513 g/mol. The maximum Gasteiger partial charge on any atom is 0.435 e. The molecule has 0 aliphatic carbocycles. The topological polar surface area (TPSA) is 103 Å². The van der Waals surface area contributed by atoms with Crippen LogP contribution in [0.15, 0.2) is 24.3 Å². The second kappa shape index (κ2) is 9.00. The van der Waals surface area contributed by atoms with Crippen LogP contribution in [0.1, 0.15) is 38.1 Å². The minimum Gasteiger partial charge on any atom is -0.365 e. The number of aromatic nitrogens is 3. The molecular formula is C21H16F5N5O2S2. The van der Waals surface area contributed by atoms with Crippen molar-refractivity contribution in [3.05, 3.63) is 51.1 Å². The number of aryl methyl sites for hydroxylation is 2. The van der Waals surface area contributed by atoms with Gasteiger partial charge in [-0.2, -0.15) is 18.3 Å². The summed E-state index contributed by atoms with van der Waals surface area (Å²) in [4.78, 5) is 30.3. The monoisotopic (exact) mass is 529 g/mol. The lowest BCUT2D eigenvalue weighted by Crippen LogP contribution is -2.22. The number of pyridine rings is 1. The number of thiophene rings is 2. The van der Waals surface area contributed by atoms with Crippen LogP contribution in [0.2, 0.25) is 0 Å². The first-order chi connectivity index (χ1) is 16.3. The van der Waals surface area contributed by atoms with Gasteiger partial charge in [0.05, 0.1) is 5.69 Å². The second-order valence-electron chi connectivity index (χ2n) is 7.53. The lowest BCUT2D eigenvalue weighted by molar-refractivity contribution is -0.141. The molecule has 0 aliphatic rings. The zero-order valence-electron chi connectivity index (χ0n) is 18.0. The molecule has 0 saturated heterocycles. The number of primary amides is 1. The molecule has 7 nitrogen and oxygen atoms in total. The van der Waals surface area contributed by atoms with E-state index in [0.717, 1.165) is 27.0 Å². The van der Waals surface area contributed by atoms with Gasteiger partial charge in [-0.3, -0.25) is 14.3 Å². The van der Waals surface area contributed by atoms with E-state index in [4.69, 9.17) is 5.73 Å². The summed E-state index contributed by atoms with van der Waals surface area (Å²) in [5.41, 5.74) is 4.18. The van der Waals surface area contributed by atoms with Gasteiger partial charge in [0.25, 0.3) is 12.3 Å². The highest BCUT2D eigenvalue weighted by molar-refractivity contribution is 7.21. The highest BCUT2D eigenvalue weighted by Gasteiger charge is 2.34. The molecule has 184 valence electrons. The molecule has 0 aromatic carbocycles. The Morgan fingerprint density at radius 2 is 1.89 bits per heavy atom. The molecule has 4 heterocycles. The molecule has 35 heavy (non-hydrogen) atoms. The van der Waals surface area contributed by atoms with Gasteiger partial charge >= 0.3 is 6.18 Å². The van der Waals surface area contributed by atoms with E-state index in [0.29, 0.717) is 10.4 Å². The smallest absolute Gasteiger partial charge is 0.365 e. The first-order valence-electron chi connectivity index (χ1n) is 9.89. The van der Waals surface area contributed by atoms with Crippen molar-refractivity contribution in [1.29, 1.82) is 0 Å². The normalized spacial score (nSPS) is 12.0. The zero-order valence-corrected chi connectivity index (χ0v) is 19.7. The minimum atomic E-state index is -4.68. The molecule has 0 spiro atoms. The van der Waals surface area contributed by atoms with Crippen molar-refractivity contribution in [1.82, 2.24) is 14.8 Å². The summed E-state index contributed by atoms with van der Waals surface area (Å²) < 4.78 is 66.8. The summed E-state index contributed by atoms with van der Waals surface area (Å²) >= 11 is 2.05. The van der Waals surface area contributed by atoms with Gasteiger partial charge in [-0.25, -0.2) is 13.8 Å². The summed E-state index contributed by atoms with van der Waals surface area (Å²) in [7, 11) is 0. The molecule has 0 bridgehead atoms. The van der Waals surface area contributed by atoms with Gasteiger partial charge in [-0.05, 0) is 38.1 Å². The van der Waals surface area contributed by atoms with Gasteiger partial charge in [-0.15, -0.1) is 22.7 Å². The van der Waals surface area contributed by atoms with E-state index < -0.39 is 42.3 Å². The Morgan fingerprint density at radius 3 is 2.43 bits per heavy atom. The van der Waals surface area contributed by atoms with Gasteiger partial charge in [0.2, 0.25) is 5.91 Å². The molecule has 4 aromatic heterocycles. The van der Waals surface area contributed by atoms with Crippen molar-refractivity contribution >= 4 is 50.4 Å². The van der Waals surface area contributed by atoms with Gasteiger partial charge in [0.1, 0.15) is 21.9 Å². The fourth-order valence-electron chi connectivity index (χ4n) is 3.42. The van der Waals surface area contributed by atoms with Gasteiger partial charge in [0.15, 0.2) is 5.69 Å². The molecule has 0 radical (unpaired) electrons. The Hall–Kier alpha value is -3.39. The Morgan fingerprint density at radius 1 is 1.17 bits per heavy atom. The van der Waals surface area contributed by atoms with Gasteiger partial charge in [0, 0.05) is 26.4 Å². The maximum atomic E-state index is 13.5. The number of hydrogen-bond donors (Lipinski definition) is 2. The van der Waals surface area contributed by atoms with Crippen molar-refractivity contribution in [2.45, 2.75) is 33.0 Å². The molecule has 0 saturated carbocycles. The SMILES string of the molecule is Cc1ccc(-c2cc(C(F)F)nc3sc(C(N)=O)c(NC(=O)Cn4nc(C(F)(F)F)cc4C)c23)s1. The third-order valence-electron chi connectivity index (χ3n) is 4.96. The quantitative estimate of drug-likeness (QED) is 0.321. The summed E-state index contributed by atoms with van der Waals surface area (Å²) in [6.45, 7) is 2.60. The van der Waals surface area contributed by atoms with E-state index in [1.807, 2.05) is 6.92 Å². The van der Waals surface area contributed by atoms with E-state index in [1.54, 1.807) is 12.1 Å². The average Bonchev–Trinajstić information content (AvgIpc) is 3.45. The van der Waals surface area contributed by atoms with Crippen LogP contribution in [-0.2, 0) is 17.5 Å². The van der Waals surface area contributed by atoms with Crippen LogP contribution in [0.4, 0.5) is 27.6 Å². The van der Waals surface area contributed by atoms with Crippen LogP contribution in [0.25, 0.3) is 20.7 Å². The number of alkyl halides is 5.